The monoisotopic (exact) mass is 376 g/mol. The van der Waals surface area contributed by atoms with Crippen molar-refractivity contribution in [2.45, 2.75) is 25.9 Å². The number of hydrogen-bond acceptors (Lipinski definition) is 2. The molecule has 1 amide bonds. The summed E-state index contributed by atoms with van der Waals surface area (Å²) < 4.78 is 13.4. The van der Waals surface area contributed by atoms with Crippen molar-refractivity contribution in [1.82, 2.24) is 4.98 Å². The molecule has 0 atom stereocenters. The summed E-state index contributed by atoms with van der Waals surface area (Å²) >= 11 is 0. The Labute approximate surface area is 162 Å². The summed E-state index contributed by atoms with van der Waals surface area (Å²) in [6.07, 6.45) is 0.229. The maximum Gasteiger partial charge on any atom is 0.228 e. The Morgan fingerprint density at radius 1 is 1.00 bits per heavy atom. The zero-order chi connectivity index (χ0) is 19.9. The van der Waals surface area contributed by atoms with E-state index in [1.54, 1.807) is 44.2 Å². The van der Waals surface area contributed by atoms with Crippen molar-refractivity contribution < 1.29 is 14.3 Å². The molecule has 0 spiro atoms. The van der Waals surface area contributed by atoms with Crippen LogP contribution in [-0.4, -0.2) is 16.0 Å². The molecule has 0 aliphatic carbocycles. The van der Waals surface area contributed by atoms with Gasteiger partial charge in [-0.25, -0.2) is 4.39 Å². The molecule has 0 aliphatic heterocycles. The first kappa shape index (κ1) is 18.2. The fraction of sp³-hybridized carbons (Fsp3) is 0.174. The number of anilines is 1. The van der Waals surface area contributed by atoms with E-state index in [0.29, 0.717) is 5.69 Å². The van der Waals surface area contributed by atoms with Gasteiger partial charge in [-0.15, -0.1) is 0 Å². The summed E-state index contributed by atoms with van der Waals surface area (Å²) in [5.41, 5.74) is 3.03. The Balaban J connectivity index is 1.51. The number of nitrogens with one attached hydrogen (secondary N) is 2. The van der Waals surface area contributed by atoms with Crippen LogP contribution in [0, 0.1) is 5.82 Å². The van der Waals surface area contributed by atoms with Crippen molar-refractivity contribution in [2.75, 3.05) is 5.32 Å². The van der Waals surface area contributed by atoms with E-state index in [2.05, 4.69) is 10.3 Å². The predicted molar refractivity (Wildman–Crippen MR) is 110 cm³/mol. The summed E-state index contributed by atoms with van der Waals surface area (Å²) in [5, 5.41) is 14.8. The van der Waals surface area contributed by atoms with Gasteiger partial charge in [-0.1, -0.05) is 24.3 Å². The van der Waals surface area contributed by atoms with E-state index in [-0.39, 0.29) is 18.1 Å². The number of fused-ring (bicyclic) bond motifs is 3. The molecule has 5 heteroatoms. The number of carbonyl (C=O) groups is 1. The normalized spacial score (nSPS) is 11.9. The van der Waals surface area contributed by atoms with E-state index >= 15 is 0 Å². The highest BCUT2D eigenvalue weighted by Gasteiger charge is 2.15. The molecule has 0 saturated carbocycles. The van der Waals surface area contributed by atoms with E-state index in [9.17, 15) is 14.3 Å². The summed E-state index contributed by atoms with van der Waals surface area (Å²) in [7, 11) is 0. The minimum Gasteiger partial charge on any atom is -0.386 e. The van der Waals surface area contributed by atoms with Crippen molar-refractivity contribution in [3.63, 3.8) is 0 Å². The summed E-state index contributed by atoms with van der Waals surface area (Å²) in [5.74, 6) is -0.410. The molecule has 0 aliphatic rings. The number of H-pyrrole nitrogens is 1. The van der Waals surface area contributed by atoms with Gasteiger partial charge in [-0.2, -0.15) is 0 Å². The molecule has 1 heterocycles. The number of halogens is 1. The second-order valence-electron chi connectivity index (χ2n) is 7.56. The van der Waals surface area contributed by atoms with Gasteiger partial charge in [0.05, 0.1) is 12.0 Å². The number of aliphatic hydroxyl groups is 1. The lowest BCUT2D eigenvalue weighted by Gasteiger charge is -2.18. The van der Waals surface area contributed by atoms with Crippen molar-refractivity contribution in [1.29, 1.82) is 0 Å². The minimum absolute atomic E-state index is 0.127. The molecule has 0 unspecified atom stereocenters. The fourth-order valence-corrected chi connectivity index (χ4v) is 3.39. The molecule has 0 bridgehead atoms. The maximum absolute atomic E-state index is 13.4. The number of aromatic nitrogens is 1. The molecule has 3 N–H and O–H groups in total. The molecule has 0 fully saturated rings. The molecular weight excluding hydrogens is 355 g/mol. The van der Waals surface area contributed by atoms with Crippen LogP contribution in [0.4, 0.5) is 10.1 Å². The maximum atomic E-state index is 13.4. The van der Waals surface area contributed by atoms with E-state index < -0.39 is 5.60 Å². The van der Waals surface area contributed by atoms with Crippen molar-refractivity contribution in [3.05, 3.63) is 77.6 Å². The van der Waals surface area contributed by atoms with Gasteiger partial charge < -0.3 is 15.4 Å². The standard InChI is InChI=1S/C23H21FN2O2/c1-23(2,28)15-4-7-17(8-5-15)25-22(27)12-14-3-9-18-19-10-6-16(24)13-21(19)26-20(18)11-14/h3-11,13,26,28H,12H2,1-2H3,(H,25,27). The first-order valence-electron chi connectivity index (χ1n) is 9.12. The lowest BCUT2D eigenvalue weighted by Crippen LogP contribution is -2.16. The molecule has 28 heavy (non-hydrogen) atoms. The first-order chi connectivity index (χ1) is 13.3. The number of amides is 1. The van der Waals surface area contributed by atoms with Gasteiger partial charge in [0.25, 0.3) is 0 Å². The van der Waals surface area contributed by atoms with Crippen LogP contribution >= 0.6 is 0 Å². The second-order valence-corrected chi connectivity index (χ2v) is 7.56. The summed E-state index contributed by atoms with van der Waals surface area (Å²) in [6.45, 7) is 3.43. The van der Waals surface area contributed by atoms with Gasteiger partial charge in [-0.3, -0.25) is 4.79 Å². The SMILES string of the molecule is CC(C)(O)c1ccc(NC(=O)Cc2ccc3c(c2)[nH]c2cc(F)ccc23)cc1. The zero-order valence-electron chi connectivity index (χ0n) is 15.7. The van der Waals surface area contributed by atoms with Gasteiger partial charge in [0, 0.05) is 27.5 Å². The van der Waals surface area contributed by atoms with Crippen LogP contribution < -0.4 is 5.32 Å². The molecule has 4 aromatic rings. The van der Waals surface area contributed by atoms with Crippen molar-refractivity contribution in [3.8, 4) is 0 Å². The molecule has 0 saturated heterocycles. The van der Waals surface area contributed by atoms with Crippen LogP contribution in [-0.2, 0) is 16.8 Å². The molecular formula is C23H21FN2O2. The minimum atomic E-state index is -0.916. The van der Waals surface area contributed by atoms with E-state index in [0.717, 1.165) is 32.9 Å². The summed E-state index contributed by atoms with van der Waals surface area (Å²) in [4.78, 5) is 15.6. The smallest absolute Gasteiger partial charge is 0.228 e. The van der Waals surface area contributed by atoms with Crippen LogP contribution in [0.3, 0.4) is 0 Å². The van der Waals surface area contributed by atoms with E-state index in [1.165, 1.54) is 12.1 Å². The van der Waals surface area contributed by atoms with Gasteiger partial charge in [0.2, 0.25) is 5.91 Å². The Hall–Kier alpha value is -3.18. The van der Waals surface area contributed by atoms with E-state index in [4.69, 9.17) is 0 Å². The Morgan fingerprint density at radius 2 is 1.64 bits per heavy atom. The Kier molecular flexibility index (Phi) is 4.40. The average molecular weight is 376 g/mol. The summed E-state index contributed by atoms with van der Waals surface area (Å²) in [6, 6.07) is 17.6. The Morgan fingerprint density at radius 3 is 2.32 bits per heavy atom. The van der Waals surface area contributed by atoms with Crippen LogP contribution in [0.25, 0.3) is 21.8 Å². The van der Waals surface area contributed by atoms with Gasteiger partial charge in [0.15, 0.2) is 0 Å². The number of carbonyl (C=O) groups excluding carboxylic acids is 1. The van der Waals surface area contributed by atoms with Gasteiger partial charge >= 0.3 is 0 Å². The number of hydrogen-bond donors (Lipinski definition) is 3. The molecule has 142 valence electrons. The molecule has 3 aromatic carbocycles. The van der Waals surface area contributed by atoms with Crippen LogP contribution in [0.1, 0.15) is 25.0 Å². The quantitative estimate of drug-likeness (QED) is 0.476. The van der Waals surface area contributed by atoms with Gasteiger partial charge in [0.1, 0.15) is 5.82 Å². The van der Waals surface area contributed by atoms with Crippen LogP contribution in [0.5, 0.6) is 0 Å². The number of benzene rings is 3. The molecule has 1 aromatic heterocycles. The van der Waals surface area contributed by atoms with Crippen molar-refractivity contribution in [2.24, 2.45) is 0 Å². The zero-order valence-corrected chi connectivity index (χ0v) is 15.7. The highest BCUT2D eigenvalue weighted by Crippen LogP contribution is 2.27. The first-order valence-corrected chi connectivity index (χ1v) is 9.12. The van der Waals surface area contributed by atoms with E-state index in [1.807, 2.05) is 18.2 Å². The lowest BCUT2D eigenvalue weighted by atomic mass is 9.98. The third-order valence-electron chi connectivity index (χ3n) is 4.86. The van der Waals surface area contributed by atoms with Crippen molar-refractivity contribution >= 4 is 33.4 Å². The topological polar surface area (TPSA) is 65.1 Å². The Bertz CT molecular complexity index is 1170. The third kappa shape index (κ3) is 3.62. The molecule has 4 rings (SSSR count). The molecule has 0 radical (unpaired) electrons. The highest BCUT2D eigenvalue weighted by molar-refractivity contribution is 6.07. The lowest BCUT2D eigenvalue weighted by molar-refractivity contribution is -0.115. The highest BCUT2D eigenvalue weighted by atomic mass is 19.1. The third-order valence-corrected chi connectivity index (χ3v) is 4.86. The number of aromatic amines is 1. The van der Waals surface area contributed by atoms with Crippen LogP contribution in [0.15, 0.2) is 60.7 Å². The average Bonchev–Trinajstić information content (AvgIpc) is 2.97. The largest absolute Gasteiger partial charge is 0.386 e. The predicted octanol–water partition coefficient (Wildman–Crippen LogP) is 4.87. The van der Waals surface area contributed by atoms with Gasteiger partial charge in [-0.05, 0) is 61.4 Å². The van der Waals surface area contributed by atoms with Crippen LogP contribution in [0.2, 0.25) is 0 Å². The number of rotatable bonds is 4. The second kappa shape index (κ2) is 6.77. The molecule has 4 nitrogen and oxygen atoms in total. The fourth-order valence-electron chi connectivity index (χ4n) is 3.39.